The molecule has 1 aliphatic carbocycles. The molecule has 4 rings (SSSR count). The zero-order valence-corrected chi connectivity index (χ0v) is 13.1. The quantitative estimate of drug-likeness (QED) is 0.621. The third kappa shape index (κ3) is 2.43. The first-order chi connectivity index (χ1) is 10.8. The van der Waals surface area contributed by atoms with Crippen LogP contribution in [0.1, 0.15) is 49.1 Å². The minimum absolute atomic E-state index is 0.770. The molecule has 0 bridgehead atoms. The molecule has 0 aliphatic heterocycles. The van der Waals surface area contributed by atoms with Crippen LogP contribution in [0.2, 0.25) is 0 Å². The van der Waals surface area contributed by atoms with E-state index < -0.39 is 0 Å². The molecular weight excluding hydrogens is 268 g/mol. The number of aryl methyl sites for hydroxylation is 1. The van der Waals surface area contributed by atoms with E-state index in [4.69, 9.17) is 4.98 Å². The van der Waals surface area contributed by atoms with Crippen LogP contribution in [-0.2, 0) is 0 Å². The van der Waals surface area contributed by atoms with Gasteiger partial charge in [-0.05, 0) is 42.9 Å². The molecule has 0 spiro atoms. The summed E-state index contributed by atoms with van der Waals surface area (Å²) in [5.74, 6) is 0.770. The van der Waals surface area contributed by atoms with Crippen LogP contribution in [0.4, 0.5) is 0 Å². The Bertz CT molecular complexity index is 777. The average Bonchev–Trinajstić information content (AvgIpc) is 3.02. The van der Waals surface area contributed by atoms with E-state index in [1.165, 1.54) is 48.8 Å². The molecule has 3 aromatic rings. The predicted octanol–water partition coefficient (Wildman–Crippen LogP) is 5.36. The molecule has 1 aliphatic rings. The summed E-state index contributed by atoms with van der Waals surface area (Å²) in [4.78, 5) is 4.79. The minimum atomic E-state index is 0.770. The Kier molecular flexibility index (Phi) is 3.45. The first-order valence-electron chi connectivity index (χ1n) is 8.36. The summed E-state index contributed by atoms with van der Waals surface area (Å²) < 4.78 is 2.11. The maximum Gasteiger partial charge on any atom is 0.140 e. The van der Waals surface area contributed by atoms with Gasteiger partial charge in [0.15, 0.2) is 0 Å². The molecule has 0 radical (unpaired) electrons. The van der Waals surface area contributed by atoms with Crippen LogP contribution in [0.25, 0.3) is 16.9 Å². The van der Waals surface area contributed by atoms with Gasteiger partial charge in [0.2, 0.25) is 0 Å². The summed E-state index contributed by atoms with van der Waals surface area (Å²) in [7, 11) is 0. The first-order valence-corrected chi connectivity index (χ1v) is 8.36. The molecule has 1 saturated carbocycles. The Morgan fingerprint density at radius 1 is 1.00 bits per heavy atom. The summed E-state index contributed by atoms with van der Waals surface area (Å²) in [6.45, 7) is 2.11. The molecule has 0 saturated heterocycles. The van der Waals surface area contributed by atoms with E-state index in [1.807, 2.05) is 0 Å². The number of imidazole rings is 1. The van der Waals surface area contributed by atoms with Crippen molar-refractivity contribution in [1.82, 2.24) is 9.38 Å². The molecule has 0 amide bonds. The fourth-order valence-corrected chi connectivity index (χ4v) is 3.65. The highest BCUT2D eigenvalue weighted by Gasteiger charge is 2.15. The molecule has 2 aromatic heterocycles. The van der Waals surface area contributed by atoms with Crippen molar-refractivity contribution in [3.05, 3.63) is 59.9 Å². The Morgan fingerprint density at radius 3 is 2.50 bits per heavy atom. The maximum atomic E-state index is 4.79. The topological polar surface area (TPSA) is 17.3 Å². The molecule has 0 atom stereocenters. The highest BCUT2D eigenvalue weighted by Crippen LogP contribution is 2.33. The van der Waals surface area contributed by atoms with Crippen LogP contribution in [0, 0.1) is 6.92 Å². The number of pyridine rings is 1. The maximum absolute atomic E-state index is 4.79. The van der Waals surface area contributed by atoms with Crippen molar-refractivity contribution in [2.24, 2.45) is 0 Å². The summed E-state index contributed by atoms with van der Waals surface area (Å²) in [6, 6.07) is 13.3. The largest absolute Gasteiger partial charge is 0.306 e. The summed E-state index contributed by atoms with van der Waals surface area (Å²) >= 11 is 0. The molecule has 2 heteroatoms. The molecular formula is C20H22N2. The molecule has 1 aromatic carbocycles. The first kappa shape index (κ1) is 13.6. The van der Waals surface area contributed by atoms with Gasteiger partial charge >= 0.3 is 0 Å². The normalized spacial score (nSPS) is 16.2. The summed E-state index contributed by atoms with van der Waals surface area (Å²) in [5, 5.41) is 0. The van der Waals surface area contributed by atoms with Crippen LogP contribution >= 0.6 is 0 Å². The van der Waals surface area contributed by atoms with Crippen molar-refractivity contribution in [3.8, 4) is 11.3 Å². The molecule has 112 valence electrons. The van der Waals surface area contributed by atoms with E-state index >= 15 is 0 Å². The van der Waals surface area contributed by atoms with E-state index in [9.17, 15) is 0 Å². The number of fused-ring (bicyclic) bond motifs is 1. The van der Waals surface area contributed by atoms with E-state index in [0.29, 0.717) is 0 Å². The second kappa shape index (κ2) is 5.60. The van der Waals surface area contributed by atoms with Gasteiger partial charge in [0, 0.05) is 18.0 Å². The molecule has 22 heavy (non-hydrogen) atoms. The second-order valence-corrected chi connectivity index (χ2v) is 6.51. The van der Waals surface area contributed by atoms with Gasteiger partial charge < -0.3 is 4.40 Å². The van der Waals surface area contributed by atoms with E-state index in [-0.39, 0.29) is 0 Å². The highest BCUT2D eigenvalue weighted by atomic mass is 15.0. The van der Waals surface area contributed by atoms with Gasteiger partial charge in [-0.25, -0.2) is 4.98 Å². The monoisotopic (exact) mass is 290 g/mol. The van der Waals surface area contributed by atoms with Crippen molar-refractivity contribution in [3.63, 3.8) is 0 Å². The number of nitrogens with zero attached hydrogens (tertiary/aromatic N) is 2. The Morgan fingerprint density at radius 2 is 1.77 bits per heavy atom. The van der Waals surface area contributed by atoms with E-state index in [2.05, 4.69) is 60.1 Å². The number of hydrogen-bond donors (Lipinski definition) is 0. The third-order valence-electron chi connectivity index (χ3n) is 4.96. The molecule has 2 heterocycles. The van der Waals surface area contributed by atoms with Gasteiger partial charge in [0.05, 0.1) is 5.69 Å². The number of rotatable bonds is 2. The molecule has 0 unspecified atom stereocenters. The Balaban J connectivity index is 1.65. The third-order valence-corrected chi connectivity index (χ3v) is 4.96. The van der Waals surface area contributed by atoms with Crippen molar-refractivity contribution in [2.45, 2.75) is 44.9 Å². The molecule has 0 N–H and O–H groups in total. The number of hydrogen-bond acceptors (Lipinski definition) is 1. The van der Waals surface area contributed by atoms with Gasteiger partial charge in [0.1, 0.15) is 5.65 Å². The lowest BCUT2D eigenvalue weighted by atomic mass is 9.84. The fourth-order valence-electron chi connectivity index (χ4n) is 3.65. The Hall–Kier alpha value is -2.09. The van der Waals surface area contributed by atoms with E-state index in [1.54, 1.807) is 0 Å². The average molecular weight is 290 g/mol. The smallest absolute Gasteiger partial charge is 0.140 e. The number of benzene rings is 1. The zero-order chi connectivity index (χ0) is 14.9. The SMILES string of the molecule is Cc1cccn2cc(-c3ccc(C4CCCCC4)cc3)nc12. The number of aromatic nitrogens is 2. The highest BCUT2D eigenvalue weighted by molar-refractivity contribution is 5.64. The van der Waals surface area contributed by atoms with Gasteiger partial charge in [-0.2, -0.15) is 0 Å². The molecule has 2 nitrogen and oxygen atoms in total. The van der Waals surface area contributed by atoms with Gasteiger partial charge in [-0.15, -0.1) is 0 Å². The van der Waals surface area contributed by atoms with Crippen LogP contribution in [0.5, 0.6) is 0 Å². The van der Waals surface area contributed by atoms with E-state index in [0.717, 1.165) is 17.3 Å². The van der Waals surface area contributed by atoms with Crippen LogP contribution in [0.15, 0.2) is 48.8 Å². The van der Waals surface area contributed by atoms with Crippen LogP contribution in [-0.4, -0.2) is 9.38 Å². The standard InChI is InChI=1S/C20H22N2/c1-15-6-5-13-22-14-19(21-20(15)22)18-11-9-17(10-12-18)16-7-3-2-4-8-16/h5-6,9-14,16H,2-4,7-8H2,1H3. The van der Waals surface area contributed by atoms with Crippen molar-refractivity contribution in [2.75, 3.05) is 0 Å². The summed E-state index contributed by atoms with van der Waals surface area (Å²) in [6.07, 6.45) is 11.1. The van der Waals surface area contributed by atoms with Crippen molar-refractivity contribution < 1.29 is 0 Å². The zero-order valence-electron chi connectivity index (χ0n) is 13.1. The second-order valence-electron chi connectivity index (χ2n) is 6.51. The molecule has 1 fully saturated rings. The fraction of sp³-hybridized carbons (Fsp3) is 0.350. The Labute approximate surface area is 131 Å². The van der Waals surface area contributed by atoms with Crippen molar-refractivity contribution >= 4 is 5.65 Å². The van der Waals surface area contributed by atoms with Gasteiger partial charge in [-0.1, -0.05) is 49.6 Å². The van der Waals surface area contributed by atoms with Crippen LogP contribution in [0.3, 0.4) is 0 Å². The van der Waals surface area contributed by atoms with Crippen LogP contribution < -0.4 is 0 Å². The lowest BCUT2D eigenvalue weighted by molar-refractivity contribution is 0.443. The lowest BCUT2D eigenvalue weighted by Gasteiger charge is -2.21. The van der Waals surface area contributed by atoms with Gasteiger partial charge in [0.25, 0.3) is 0 Å². The summed E-state index contributed by atoms with van der Waals surface area (Å²) in [5.41, 5.74) is 6.04. The van der Waals surface area contributed by atoms with Gasteiger partial charge in [-0.3, -0.25) is 0 Å². The lowest BCUT2D eigenvalue weighted by Crippen LogP contribution is -2.04. The predicted molar refractivity (Wildman–Crippen MR) is 91.2 cm³/mol. The minimum Gasteiger partial charge on any atom is -0.306 e. The van der Waals surface area contributed by atoms with Crippen molar-refractivity contribution in [1.29, 1.82) is 0 Å².